The van der Waals surface area contributed by atoms with Crippen LogP contribution < -0.4 is 11.5 Å². The van der Waals surface area contributed by atoms with Crippen LogP contribution in [0.2, 0.25) is 0 Å². The lowest BCUT2D eigenvalue weighted by Gasteiger charge is -2.35. The summed E-state index contributed by atoms with van der Waals surface area (Å²) in [6.07, 6.45) is 4.09. The van der Waals surface area contributed by atoms with Crippen LogP contribution in [0.5, 0.6) is 0 Å². The van der Waals surface area contributed by atoms with Gasteiger partial charge in [-0.25, -0.2) is 0 Å². The van der Waals surface area contributed by atoms with Gasteiger partial charge in [0.1, 0.15) is 5.54 Å². The molecule has 2 rings (SSSR count). The summed E-state index contributed by atoms with van der Waals surface area (Å²) in [6, 6.07) is 0. The van der Waals surface area contributed by atoms with Crippen molar-refractivity contribution in [3.05, 3.63) is 0 Å². The molecule has 4 N–H and O–H groups in total. The Morgan fingerprint density at radius 2 is 1.81 bits per heavy atom. The Bertz CT molecular complexity index is 312. The van der Waals surface area contributed by atoms with E-state index >= 15 is 0 Å². The molecular formula is C11H19N3O2. The maximum Gasteiger partial charge on any atom is 0.237 e. The monoisotopic (exact) mass is 225 g/mol. The number of rotatable bonds is 3. The molecular weight excluding hydrogens is 206 g/mol. The Labute approximate surface area is 95.1 Å². The summed E-state index contributed by atoms with van der Waals surface area (Å²) in [5.74, 6) is -0.784. The molecule has 16 heavy (non-hydrogen) atoms. The van der Waals surface area contributed by atoms with E-state index in [1.165, 1.54) is 0 Å². The van der Waals surface area contributed by atoms with Gasteiger partial charge in [0.05, 0.1) is 0 Å². The highest BCUT2D eigenvalue weighted by atomic mass is 16.2. The first-order chi connectivity index (χ1) is 7.56. The van der Waals surface area contributed by atoms with Crippen molar-refractivity contribution in [1.29, 1.82) is 0 Å². The van der Waals surface area contributed by atoms with Crippen molar-refractivity contribution in [2.75, 3.05) is 13.1 Å². The Morgan fingerprint density at radius 1 is 1.19 bits per heavy atom. The summed E-state index contributed by atoms with van der Waals surface area (Å²) in [6.45, 7) is 1.82. The smallest absolute Gasteiger partial charge is 0.237 e. The summed E-state index contributed by atoms with van der Waals surface area (Å²) in [7, 11) is 0. The highest BCUT2D eigenvalue weighted by Gasteiger charge is 2.50. The van der Waals surface area contributed by atoms with E-state index in [1.807, 2.05) is 0 Å². The fraction of sp³-hybridized carbons (Fsp3) is 0.818. The van der Waals surface area contributed by atoms with E-state index < -0.39 is 5.54 Å². The number of likely N-dealkylation sites (tertiary alicyclic amines) is 1. The van der Waals surface area contributed by atoms with Crippen molar-refractivity contribution < 1.29 is 9.59 Å². The van der Waals surface area contributed by atoms with Crippen LogP contribution in [0, 0.1) is 5.92 Å². The Hall–Kier alpha value is -1.10. The normalized spacial score (nSPS) is 35.4. The molecule has 0 bridgehead atoms. The summed E-state index contributed by atoms with van der Waals surface area (Å²) in [5, 5.41) is 0. The summed E-state index contributed by atoms with van der Waals surface area (Å²) >= 11 is 0. The van der Waals surface area contributed by atoms with Crippen LogP contribution in [0.4, 0.5) is 0 Å². The number of carbonyl (C=O) groups is 2. The number of nitrogens with two attached hydrogens (primary N) is 2. The van der Waals surface area contributed by atoms with Gasteiger partial charge in [-0.3, -0.25) is 14.5 Å². The minimum Gasteiger partial charge on any atom is -0.369 e. The lowest BCUT2D eigenvalue weighted by Crippen LogP contribution is -2.55. The standard InChI is InChI=1S/C11H19N3O2/c12-9(15)8-3-4-11(7-8,10(13)16)14-5-1-2-6-14/h8H,1-7H2,(H2,12,15)(H2,13,16). The molecule has 0 aromatic rings. The SMILES string of the molecule is NC(=O)C1CCC(C(N)=O)(N2CCCC2)C1. The molecule has 5 heteroatoms. The molecule has 1 aliphatic carbocycles. The third kappa shape index (κ3) is 1.69. The number of amides is 2. The fourth-order valence-electron chi connectivity index (χ4n) is 3.08. The molecule has 2 aliphatic rings. The molecule has 1 heterocycles. The van der Waals surface area contributed by atoms with Gasteiger partial charge in [0, 0.05) is 5.92 Å². The molecule has 0 aromatic carbocycles. The zero-order valence-electron chi connectivity index (χ0n) is 9.45. The first-order valence-electron chi connectivity index (χ1n) is 5.90. The van der Waals surface area contributed by atoms with Crippen LogP contribution in [-0.2, 0) is 9.59 Å². The highest BCUT2D eigenvalue weighted by Crippen LogP contribution is 2.40. The predicted octanol–water partition coefficient (Wildman–Crippen LogP) is -0.408. The lowest BCUT2D eigenvalue weighted by molar-refractivity contribution is -0.130. The molecule has 1 saturated heterocycles. The van der Waals surface area contributed by atoms with Gasteiger partial charge in [-0.15, -0.1) is 0 Å². The second kappa shape index (κ2) is 4.05. The molecule has 2 unspecified atom stereocenters. The van der Waals surface area contributed by atoms with E-state index in [1.54, 1.807) is 0 Å². The topological polar surface area (TPSA) is 89.4 Å². The van der Waals surface area contributed by atoms with Gasteiger partial charge in [0.15, 0.2) is 0 Å². The van der Waals surface area contributed by atoms with Crippen molar-refractivity contribution in [3.63, 3.8) is 0 Å². The van der Waals surface area contributed by atoms with Crippen LogP contribution in [0.25, 0.3) is 0 Å². The second-order valence-electron chi connectivity index (χ2n) is 4.93. The van der Waals surface area contributed by atoms with Crippen LogP contribution in [0.1, 0.15) is 32.1 Å². The molecule has 90 valence electrons. The number of nitrogens with zero attached hydrogens (tertiary/aromatic N) is 1. The predicted molar refractivity (Wildman–Crippen MR) is 59.3 cm³/mol. The highest BCUT2D eigenvalue weighted by molar-refractivity contribution is 5.87. The third-order valence-electron chi connectivity index (χ3n) is 4.06. The minimum absolute atomic E-state index is 0.187. The molecule has 2 fully saturated rings. The average molecular weight is 225 g/mol. The average Bonchev–Trinajstić information content (AvgIpc) is 2.87. The Kier molecular flexibility index (Phi) is 2.88. The van der Waals surface area contributed by atoms with E-state index in [9.17, 15) is 9.59 Å². The first-order valence-corrected chi connectivity index (χ1v) is 5.90. The molecule has 0 aromatic heterocycles. The number of primary amides is 2. The van der Waals surface area contributed by atoms with Crippen LogP contribution in [0.3, 0.4) is 0 Å². The molecule has 2 atom stereocenters. The first kappa shape index (κ1) is 11.4. The van der Waals surface area contributed by atoms with Crippen LogP contribution >= 0.6 is 0 Å². The largest absolute Gasteiger partial charge is 0.369 e. The minimum atomic E-state index is -0.601. The summed E-state index contributed by atoms with van der Waals surface area (Å²) < 4.78 is 0. The zero-order valence-corrected chi connectivity index (χ0v) is 9.45. The van der Waals surface area contributed by atoms with Gasteiger partial charge in [-0.05, 0) is 45.2 Å². The van der Waals surface area contributed by atoms with Crippen molar-refractivity contribution in [1.82, 2.24) is 4.90 Å². The zero-order chi connectivity index (χ0) is 11.8. The maximum atomic E-state index is 11.7. The van der Waals surface area contributed by atoms with Gasteiger partial charge in [0.25, 0.3) is 0 Å². The Morgan fingerprint density at radius 3 is 2.25 bits per heavy atom. The second-order valence-corrected chi connectivity index (χ2v) is 4.93. The molecule has 1 aliphatic heterocycles. The summed E-state index contributed by atoms with van der Waals surface area (Å²) in [5.41, 5.74) is 10.2. The summed E-state index contributed by atoms with van der Waals surface area (Å²) in [4.78, 5) is 25.0. The molecule has 1 saturated carbocycles. The van der Waals surface area contributed by atoms with Crippen LogP contribution in [0.15, 0.2) is 0 Å². The molecule has 0 spiro atoms. The van der Waals surface area contributed by atoms with Gasteiger partial charge in [0.2, 0.25) is 11.8 Å². The van der Waals surface area contributed by atoms with Crippen molar-refractivity contribution in [3.8, 4) is 0 Å². The quantitative estimate of drug-likeness (QED) is 0.684. The van der Waals surface area contributed by atoms with E-state index in [0.29, 0.717) is 19.3 Å². The van der Waals surface area contributed by atoms with E-state index in [2.05, 4.69) is 4.90 Å². The molecule has 5 nitrogen and oxygen atoms in total. The maximum absolute atomic E-state index is 11.7. The van der Waals surface area contributed by atoms with Crippen molar-refractivity contribution >= 4 is 11.8 Å². The lowest BCUT2D eigenvalue weighted by atomic mass is 9.93. The van der Waals surface area contributed by atoms with Crippen LogP contribution in [-0.4, -0.2) is 35.3 Å². The van der Waals surface area contributed by atoms with Crippen molar-refractivity contribution in [2.24, 2.45) is 17.4 Å². The van der Waals surface area contributed by atoms with Gasteiger partial charge in [-0.1, -0.05) is 0 Å². The van der Waals surface area contributed by atoms with E-state index in [4.69, 9.17) is 11.5 Å². The van der Waals surface area contributed by atoms with Crippen molar-refractivity contribution in [2.45, 2.75) is 37.6 Å². The molecule has 2 amide bonds. The van der Waals surface area contributed by atoms with E-state index in [-0.39, 0.29) is 17.7 Å². The number of hydrogen-bond acceptors (Lipinski definition) is 3. The fourth-order valence-corrected chi connectivity index (χ4v) is 3.08. The number of hydrogen-bond donors (Lipinski definition) is 2. The third-order valence-corrected chi connectivity index (χ3v) is 4.06. The number of carbonyl (C=O) groups excluding carboxylic acids is 2. The Balaban J connectivity index is 2.18. The van der Waals surface area contributed by atoms with Gasteiger partial charge < -0.3 is 11.5 Å². The van der Waals surface area contributed by atoms with Gasteiger partial charge >= 0.3 is 0 Å². The van der Waals surface area contributed by atoms with E-state index in [0.717, 1.165) is 25.9 Å². The van der Waals surface area contributed by atoms with Gasteiger partial charge in [-0.2, -0.15) is 0 Å². The molecule has 0 radical (unpaired) electrons.